The minimum absolute atomic E-state index is 0.0465. The number of carbonyl (C=O) groups excluding carboxylic acids is 2. The number of phenols is 1. The number of rotatable bonds is 10. The first-order valence-electron chi connectivity index (χ1n) is 15.4. The molecule has 46 heavy (non-hydrogen) atoms. The Morgan fingerprint density at radius 1 is 0.826 bits per heavy atom. The van der Waals surface area contributed by atoms with Crippen LogP contribution in [-0.4, -0.2) is 63.2 Å². The highest BCUT2D eigenvalue weighted by Gasteiger charge is 2.39. The van der Waals surface area contributed by atoms with E-state index in [0.717, 1.165) is 22.3 Å². The van der Waals surface area contributed by atoms with Crippen LogP contribution < -0.4 is 0 Å². The summed E-state index contributed by atoms with van der Waals surface area (Å²) in [5, 5.41) is 30.2. The molecule has 4 aromatic rings. The number of aliphatic hydroxyl groups is 2. The van der Waals surface area contributed by atoms with Gasteiger partial charge in [0.15, 0.2) is 6.29 Å². The molecule has 0 aromatic heterocycles. The Kier molecular flexibility index (Phi) is 9.30. The van der Waals surface area contributed by atoms with E-state index in [1.54, 1.807) is 48.5 Å². The largest absolute Gasteiger partial charge is 0.508 e. The van der Waals surface area contributed by atoms with Crippen LogP contribution in [0.5, 0.6) is 5.75 Å². The van der Waals surface area contributed by atoms with Gasteiger partial charge in [0.05, 0.1) is 42.6 Å². The monoisotopic (exact) mass is 622 g/mol. The molecule has 9 heteroatoms. The van der Waals surface area contributed by atoms with Crippen molar-refractivity contribution in [3.05, 3.63) is 136 Å². The van der Waals surface area contributed by atoms with Crippen molar-refractivity contribution in [3.63, 3.8) is 0 Å². The van der Waals surface area contributed by atoms with Crippen LogP contribution in [0.3, 0.4) is 0 Å². The van der Waals surface area contributed by atoms with Crippen LogP contribution in [0.25, 0.3) is 0 Å². The van der Waals surface area contributed by atoms with E-state index in [2.05, 4.69) is 6.92 Å². The summed E-state index contributed by atoms with van der Waals surface area (Å²) in [6.07, 6.45) is -2.05. The molecule has 4 aromatic carbocycles. The zero-order chi connectivity index (χ0) is 32.4. The molecule has 1 saturated heterocycles. The smallest absolute Gasteiger partial charge is 0.261 e. The lowest BCUT2D eigenvalue weighted by molar-refractivity contribution is -0.276. The van der Waals surface area contributed by atoms with Crippen LogP contribution >= 0.6 is 0 Å². The van der Waals surface area contributed by atoms with Crippen molar-refractivity contribution in [2.75, 3.05) is 20.1 Å². The van der Waals surface area contributed by atoms with Gasteiger partial charge in [-0.25, -0.2) is 0 Å². The highest BCUT2D eigenvalue weighted by atomic mass is 16.7. The molecule has 0 radical (unpaired) electrons. The average Bonchev–Trinajstić information content (AvgIpc) is 3.31. The maximum absolute atomic E-state index is 12.9. The number of imide groups is 1. The first-order valence-corrected chi connectivity index (χ1v) is 15.4. The van der Waals surface area contributed by atoms with Crippen LogP contribution in [0.4, 0.5) is 0 Å². The molecule has 2 aliphatic rings. The van der Waals surface area contributed by atoms with Gasteiger partial charge in [-0.15, -0.1) is 0 Å². The van der Waals surface area contributed by atoms with Gasteiger partial charge in [-0.05, 0) is 53.6 Å². The molecule has 9 nitrogen and oxygen atoms in total. The molecule has 6 rings (SSSR count). The number of hydrogen-bond donors (Lipinski definition) is 3. The van der Waals surface area contributed by atoms with E-state index >= 15 is 0 Å². The molecule has 2 heterocycles. The van der Waals surface area contributed by atoms with E-state index in [4.69, 9.17) is 9.47 Å². The molecule has 0 spiro atoms. The highest BCUT2D eigenvalue weighted by molar-refractivity contribution is 6.21. The molecule has 0 saturated carbocycles. The van der Waals surface area contributed by atoms with Gasteiger partial charge >= 0.3 is 0 Å². The minimum Gasteiger partial charge on any atom is -0.508 e. The summed E-state index contributed by atoms with van der Waals surface area (Å²) in [5.41, 5.74) is 4.85. The van der Waals surface area contributed by atoms with E-state index < -0.39 is 12.4 Å². The van der Waals surface area contributed by atoms with Crippen LogP contribution in [-0.2, 0) is 22.6 Å². The van der Waals surface area contributed by atoms with Gasteiger partial charge < -0.3 is 29.7 Å². The van der Waals surface area contributed by atoms with Crippen LogP contribution in [0, 0.1) is 5.92 Å². The van der Waals surface area contributed by atoms with Crippen LogP contribution in [0.2, 0.25) is 0 Å². The number of aliphatic hydroxyl groups excluding tert-OH is 2. The van der Waals surface area contributed by atoms with Gasteiger partial charge in [-0.3, -0.25) is 14.5 Å². The third-order valence-corrected chi connectivity index (χ3v) is 8.83. The van der Waals surface area contributed by atoms with E-state index in [-0.39, 0.29) is 48.8 Å². The van der Waals surface area contributed by atoms with Gasteiger partial charge in [0, 0.05) is 24.6 Å². The van der Waals surface area contributed by atoms with Crippen molar-refractivity contribution < 1.29 is 34.4 Å². The van der Waals surface area contributed by atoms with Crippen molar-refractivity contribution in [1.29, 1.82) is 0 Å². The predicted octanol–water partition coefficient (Wildman–Crippen LogP) is 5.14. The van der Waals surface area contributed by atoms with Gasteiger partial charge in [0.1, 0.15) is 5.75 Å². The zero-order valence-electron chi connectivity index (χ0n) is 25.8. The summed E-state index contributed by atoms with van der Waals surface area (Å²) in [7, 11) is 1.92. The van der Waals surface area contributed by atoms with Gasteiger partial charge in [0.2, 0.25) is 0 Å². The molecule has 3 N–H and O–H groups in total. The summed E-state index contributed by atoms with van der Waals surface area (Å²) < 4.78 is 13.1. The van der Waals surface area contributed by atoms with Crippen LogP contribution in [0.15, 0.2) is 97.1 Å². The van der Waals surface area contributed by atoms with Gasteiger partial charge in [0.25, 0.3) is 11.8 Å². The van der Waals surface area contributed by atoms with Crippen molar-refractivity contribution in [3.8, 4) is 5.75 Å². The fourth-order valence-electron chi connectivity index (χ4n) is 6.19. The minimum atomic E-state index is -0.792. The summed E-state index contributed by atoms with van der Waals surface area (Å²) in [6, 6.07) is 28.7. The molecular formula is C37H38N2O7. The maximum Gasteiger partial charge on any atom is 0.261 e. The summed E-state index contributed by atoms with van der Waals surface area (Å²) in [4.78, 5) is 29.0. The quantitative estimate of drug-likeness (QED) is 0.208. The number of benzene rings is 4. The molecule has 2 aliphatic heterocycles. The van der Waals surface area contributed by atoms with Crippen molar-refractivity contribution in [2.45, 2.75) is 44.7 Å². The average molecular weight is 623 g/mol. The topological polar surface area (TPSA) is 120 Å². The molecule has 5 atom stereocenters. The van der Waals surface area contributed by atoms with Gasteiger partial charge in [-0.2, -0.15) is 0 Å². The lowest BCUT2D eigenvalue weighted by Gasteiger charge is -2.42. The van der Waals surface area contributed by atoms with E-state index in [1.165, 1.54) is 4.90 Å². The molecule has 238 valence electrons. The van der Waals surface area contributed by atoms with E-state index in [9.17, 15) is 24.9 Å². The molecule has 5 unspecified atom stereocenters. The maximum atomic E-state index is 12.9. The summed E-state index contributed by atoms with van der Waals surface area (Å²) in [5.74, 6) is -0.541. The predicted molar refractivity (Wildman–Crippen MR) is 171 cm³/mol. The van der Waals surface area contributed by atoms with E-state index in [0.29, 0.717) is 29.8 Å². The Hall–Kier alpha value is -4.38. The highest BCUT2D eigenvalue weighted by Crippen LogP contribution is 2.42. The fourth-order valence-corrected chi connectivity index (χ4v) is 6.19. The van der Waals surface area contributed by atoms with Crippen LogP contribution in [0.1, 0.15) is 74.0 Å². The second kappa shape index (κ2) is 13.5. The second-order valence-electron chi connectivity index (χ2n) is 12.1. The number of nitrogens with zero attached hydrogens (tertiary/aromatic N) is 2. The number of phenolic OH excluding ortho intramolecular Hbond substituents is 1. The summed E-state index contributed by atoms with van der Waals surface area (Å²) >= 11 is 0. The first kappa shape index (κ1) is 31.6. The Balaban J connectivity index is 1.19. The van der Waals surface area contributed by atoms with E-state index in [1.807, 2.05) is 60.5 Å². The fraction of sp³-hybridized carbons (Fsp3) is 0.297. The Morgan fingerprint density at radius 2 is 1.46 bits per heavy atom. The molecule has 2 amide bonds. The molecule has 0 bridgehead atoms. The molecular weight excluding hydrogens is 584 g/mol. The number of aromatic hydroxyl groups is 1. The number of carbonyl (C=O) groups is 2. The third-order valence-electron chi connectivity index (χ3n) is 8.83. The van der Waals surface area contributed by atoms with Crippen molar-refractivity contribution in [1.82, 2.24) is 9.80 Å². The Morgan fingerprint density at radius 3 is 2.09 bits per heavy atom. The Labute approximate surface area is 268 Å². The number of ether oxygens (including phenoxy) is 2. The zero-order valence-corrected chi connectivity index (χ0v) is 25.8. The lowest BCUT2D eigenvalue weighted by Crippen LogP contribution is -2.44. The molecule has 0 aliphatic carbocycles. The number of fused-ring (bicyclic) bond motifs is 1. The number of likely N-dealkylation sites (N-methyl/N-ethyl adjacent to an activating group) is 1. The number of hydrogen-bond acceptors (Lipinski definition) is 8. The normalized spacial score (nSPS) is 21.9. The van der Waals surface area contributed by atoms with Crippen molar-refractivity contribution in [2.24, 2.45) is 5.92 Å². The SMILES string of the molecule is CC1C(CN(C)CC(O)c2cccc(O)c2)OC(c2ccc(CN3C(=O)c4ccccc4C3=O)cc2)OC1c1ccc(CO)cc1. The Bertz CT molecular complexity index is 1660. The van der Waals surface area contributed by atoms with Gasteiger partial charge in [-0.1, -0.05) is 79.7 Å². The van der Waals surface area contributed by atoms with Crippen molar-refractivity contribution >= 4 is 11.8 Å². The molecule has 1 fully saturated rings. The third kappa shape index (κ3) is 6.60. The first-order chi connectivity index (χ1) is 22.2. The second-order valence-corrected chi connectivity index (χ2v) is 12.1. The summed E-state index contributed by atoms with van der Waals surface area (Å²) in [6.45, 7) is 3.04. The lowest BCUT2D eigenvalue weighted by atomic mass is 9.90. The number of amides is 2. The standard InChI is InChI=1S/C37H38N2O7/c1-23-33(21-38(2)20-32(42)28-6-5-7-29(41)18-28)45-37(46-34(23)26-14-12-25(22-40)13-15-26)27-16-10-24(11-17-27)19-39-35(43)30-8-3-4-9-31(30)36(39)44/h3-18,23,32-34,37,40-42H,19-22H2,1-2H3.